The van der Waals surface area contributed by atoms with Crippen LogP contribution < -0.4 is 10.2 Å². The van der Waals surface area contributed by atoms with Crippen LogP contribution in [-0.2, 0) is 4.79 Å². The van der Waals surface area contributed by atoms with Gasteiger partial charge >= 0.3 is 0 Å². The monoisotopic (exact) mass is 466 g/mol. The summed E-state index contributed by atoms with van der Waals surface area (Å²) in [5.74, 6) is -0.00955. The number of hydrogen-bond acceptors (Lipinski definition) is 5. The molecule has 0 bridgehead atoms. The second kappa shape index (κ2) is 10.2. The van der Waals surface area contributed by atoms with Gasteiger partial charge in [0, 0.05) is 37.4 Å². The van der Waals surface area contributed by atoms with Crippen LogP contribution >= 0.6 is 0 Å². The molecule has 0 aliphatic carbocycles. The van der Waals surface area contributed by atoms with Crippen LogP contribution in [0.3, 0.4) is 0 Å². The van der Waals surface area contributed by atoms with Crippen molar-refractivity contribution in [2.75, 3.05) is 37.6 Å². The van der Waals surface area contributed by atoms with E-state index < -0.39 is 5.91 Å². The highest BCUT2D eigenvalue weighted by molar-refractivity contribution is 5.94. The first-order valence-corrected chi connectivity index (χ1v) is 11.6. The number of hydrogen-bond donors (Lipinski definition) is 1. The first-order chi connectivity index (χ1) is 17.2. The Labute approximate surface area is 203 Å². The number of carbonyl (C=O) groups excluding carboxylic acids is 2. The fraction of sp³-hybridized carbons (Fsp3) is 0.185. The van der Waals surface area contributed by atoms with Crippen molar-refractivity contribution in [3.8, 4) is 17.1 Å². The maximum absolute atomic E-state index is 12.9. The zero-order chi connectivity index (χ0) is 24.0. The average Bonchev–Trinajstić information content (AvgIpc) is 3.39. The summed E-state index contributed by atoms with van der Waals surface area (Å²) < 4.78 is 1.65. The third-order valence-corrected chi connectivity index (χ3v) is 6.00. The molecule has 1 fully saturated rings. The van der Waals surface area contributed by atoms with Crippen molar-refractivity contribution in [2.24, 2.45) is 0 Å². The number of nitrogens with zero attached hydrogens (tertiary/aromatic N) is 5. The molecule has 3 aromatic carbocycles. The SMILES string of the molecule is O=C(NCC(=O)N1CCN(c2ccccc2)CC1)c1nc(-c2ccccc2)n(-c2ccccc2)n1. The first kappa shape index (κ1) is 22.3. The minimum absolute atomic E-state index is 0.0226. The van der Waals surface area contributed by atoms with Gasteiger partial charge < -0.3 is 15.1 Å². The molecule has 0 atom stereocenters. The smallest absolute Gasteiger partial charge is 0.291 e. The van der Waals surface area contributed by atoms with E-state index in [9.17, 15) is 9.59 Å². The lowest BCUT2D eigenvalue weighted by Crippen LogP contribution is -2.51. The zero-order valence-corrected chi connectivity index (χ0v) is 19.2. The van der Waals surface area contributed by atoms with Crippen molar-refractivity contribution in [3.63, 3.8) is 0 Å². The molecule has 176 valence electrons. The molecule has 0 unspecified atom stereocenters. The van der Waals surface area contributed by atoms with E-state index in [1.165, 1.54) is 0 Å². The molecule has 1 aliphatic heterocycles. The van der Waals surface area contributed by atoms with E-state index in [2.05, 4.69) is 32.4 Å². The van der Waals surface area contributed by atoms with Crippen LogP contribution in [0.25, 0.3) is 17.1 Å². The van der Waals surface area contributed by atoms with Crippen molar-refractivity contribution in [1.82, 2.24) is 25.0 Å². The second-order valence-corrected chi connectivity index (χ2v) is 8.26. The van der Waals surface area contributed by atoms with Crippen molar-refractivity contribution >= 4 is 17.5 Å². The van der Waals surface area contributed by atoms with E-state index in [4.69, 9.17) is 0 Å². The molecule has 8 heteroatoms. The van der Waals surface area contributed by atoms with Crippen LogP contribution in [-0.4, -0.2) is 64.2 Å². The van der Waals surface area contributed by atoms with Crippen molar-refractivity contribution < 1.29 is 9.59 Å². The molecule has 2 heterocycles. The Kier molecular flexibility index (Phi) is 6.52. The number of amides is 2. The van der Waals surface area contributed by atoms with Crippen LogP contribution in [0.4, 0.5) is 5.69 Å². The van der Waals surface area contributed by atoms with E-state index in [1.807, 2.05) is 78.9 Å². The molecule has 5 rings (SSSR count). The van der Waals surface area contributed by atoms with Crippen molar-refractivity contribution in [2.45, 2.75) is 0 Å². The molecule has 2 amide bonds. The van der Waals surface area contributed by atoms with Crippen molar-refractivity contribution in [1.29, 1.82) is 0 Å². The Balaban J connectivity index is 1.24. The maximum Gasteiger partial charge on any atom is 0.291 e. The fourth-order valence-corrected chi connectivity index (χ4v) is 4.13. The van der Waals surface area contributed by atoms with Gasteiger partial charge in [0.1, 0.15) is 0 Å². The Morgan fingerprint density at radius 2 is 1.31 bits per heavy atom. The number of anilines is 1. The van der Waals surface area contributed by atoms with Gasteiger partial charge in [-0.15, -0.1) is 5.10 Å². The fourth-order valence-electron chi connectivity index (χ4n) is 4.13. The van der Waals surface area contributed by atoms with Gasteiger partial charge in [-0.2, -0.15) is 0 Å². The number of carbonyl (C=O) groups is 2. The van der Waals surface area contributed by atoms with Crippen LogP contribution in [0.15, 0.2) is 91.0 Å². The van der Waals surface area contributed by atoms with Gasteiger partial charge in [0.15, 0.2) is 5.82 Å². The Morgan fingerprint density at radius 3 is 1.94 bits per heavy atom. The predicted molar refractivity (Wildman–Crippen MR) is 134 cm³/mol. The summed E-state index contributed by atoms with van der Waals surface area (Å²) in [6.07, 6.45) is 0. The van der Waals surface area contributed by atoms with Crippen LogP contribution in [0.2, 0.25) is 0 Å². The summed E-state index contributed by atoms with van der Waals surface area (Å²) in [4.78, 5) is 34.1. The van der Waals surface area contributed by atoms with Crippen LogP contribution in [0.1, 0.15) is 10.6 Å². The molecule has 0 spiro atoms. The van der Waals surface area contributed by atoms with Gasteiger partial charge in [0.05, 0.1) is 12.2 Å². The number of aromatic nitrogens is 3. The van der Waals surface area contributed by atoms with Gasteiger partial charge in [-0.3, -0.25) is 9.59 Å². The molecule has 1 aromatic heterocycles. The number of para-hydroxylation sites is 2. The number of rotatable bonds is 6. The third-order valence-electron chi connectivity index (χ3n) is 6.00. The van der Waals surface area contributed by atoms with Crippen molar-refractivity contribution in [3.05, 3.63) is 96.8 Å². The molecule has 35 heavy (non-hydrogen) atoms. The lowest BCUT2D eigenvalue weighted by atomic mass is 10.2. The summed E-state index contributed by atoms with van der Waals surface area (Å²) in [7, 11) is 0. The second-order valence-electron chi connectivity index (χ2n) is 8.26. The molecule has 0 saturated carbocycles. The van der Waals surface area contributed by atoms with E-state index >= 15 is 0 Å². The van der Waals surface area contributed by atoms with Gasteiger partial charge in [-0.25, -0.2) is 9.67 Å². The maximum atomic E-state index is 12.9. The average molecular weight is 467 g/mol. The van der Waals surface area contributed by atoms with E-state index in [0.29, 0.717) is 18.9 Å². The lowest BCUT2D eigenvalue weighted by Gasteiger charge is -2.36. The standard InChI is InChI=1S/C27H26N6O2/c34-24(32-18-16-31(17-19-32)22-12-6-2-7-13-22)20-28-27(35)25-29-26(21-10-4-1-5-11-21)33(30-25)23-14-8-3-9-15-23/h1-15H,16-20H2,(H,28,35). The summed E-state index contributed by atoms with van der Waals surface area (Å²) in [6.45, 7) is 2.65. The Morgan fingerprint density at radius 1 is 0.743 bits per heavy atom. The number of nitrogens with one attached hydrogen (secondary N) is 1. The summed E-state index contributed by atoms with van der Waals surface area (Å²) in [5, 5.41) is 7.15. The van der Waals surface area contributed by atoms with E-state index in [1.54, 1.807) is 9.58 Å². The van der Waals surface area contributed by atoms with Gasteiger partial charge in [-0.1, -0.05) is 66.7 Å². The number of benzene rings is 3. The molecule has 4 aromatic rings. The topological polar surface area (TPSA) is 83.4 Å². The Hall–Kier alpha value is -4.46. The summed E-state index contributed by atoms with van der Waals surface area (Å²) in [5.41, 5.74) is 2.79. The highest BCUT2D eigenvalue weighted by atomic mass is 16.2. The normalized spacial score (nSPS) is 13.5. The molecule has 1 N–H and O–H groups in total. The quantitative estimate of drug-likeness (QED) is 0.472. The van der Waals surface area contributed by atoms with Crippen LogP contribution in [0.5, 0.6) is 0 Å². The zero-order valence-electron chi connectivity index (χ0n) is 19.2. The van der Waals surface area contributed by atoms with E-state index in [0.717, 1.165) is 30.0 Å². The highest BCUT2D eigenvalue weighted by Crippen LogP contribution is 2.21. The third kappa shape index (κ3) is 5.06. The number of piperazine rings is 1. The first-order valence-electron chi connectivity index (χ1n) is 11.6. The largest absolute Gasteiger partial charge is 0.368 e. The van der Waals surface area contributed by atoms with Gasteiger partial charge in [0.25, 0.3) is 5.91 Å². The van der Waals surface area contributed by atoms with E-state index in [-0.39, 0.29) is 18.3 Å². The molecule has 8 nitrogen and oxygen atoms in total. The molecule has 0 radical (unpaired) electrons. The van der Waals surface area contributed by atoms with Gasteiger partial charge in [-0.05, 0) is 24.3 Å². The minimum atomic E-state index is -0.479. The highest BCUT2D eigenvalue weighted by Gasteiger charge is 2.23. The van der Waals surface area contributed by atoms with Crippen LogP contribution in [0, 0.1) is 0 Å². The summed E-state index contributed by atoms with van der Waals surface area (Å²) >= 11 is 0. The lowest BCUT2D eigenvalue weighted by molar-refractivity contribution is -0.130. The minimum Gasteiger partial charge on any atom is -0.368 e. The molecular weight excluding hydrogens is 440 g/mol. The Bertz CT molecular complexity index is 1230. The molecule has 1 saturated heterocycles. The summed E-state index contributed by atoms with van der Waals surface area (Å²) in [6, 6.07) is 29.3. The molecule has 1 aliphatic rings. The van der Waals surface area contributed by atoms with Gasteiger partial charge in [0.2, 0.25) is 11.7 Å². The molecular formula is C27H26N6O2. The predicted octanol–water partition coefficient (Wildman–Crippen LogP) is 3.01.